The molecule has 1 rings (SSSR count). The van der Waals surface area contributed by atoms with Crippen molar-refractivity contribution < 1.29 is 24.6 Å². The summed E-state index contributed by atoms with van der Waals surface area (Å²) in [5.41, 5.74) is 0. The number of hydrogen-bond donors (Lipinski definition) is 4. The van der Waals surface area contributed by atoms with E-state index in [1.165, 1.54) is 6.42 Å². The highest BCUT2D eigenvalue weighted by atomic mass is 16.4. The Hall–Kier alpha value is -1.79. The summed E-state index contributed by atoms with van der Waals surface area (Å²) in [4.78, 5) is 33.1. The third kappa shape index (κ3) is 6.40. The van der Waals surface area contributed by atoms with E-state index < -0.39 is 24.0 Å². The molecule has 2 amide bonds. The minimum Gasteiger partial charge on any atom is -0.481 e. The van der Waals surface area contributed by atoms with Gasteiger partial charge in [-0.25, -0.2) is 9.59 Å². The fourth-order valence-corrected chi connectivity index (χ4v) is 2.35. The van der Waals surface area contributed by atoms with Gasteiger partial charge in [-0.1, -0.05) is 19.3 Å². The second-order valence-electron chi connectivity index (χ2n) is 5.13. The average Bonchev–Trinajstić information content (AvgIpc) is 2.38. The van der Waals surface area contributed by atoms with Gasteiger partial charge in [0.15, 0.2) is 0 Å². The summed E-state index contributed by atoms with van der Waals surface area (Å²) in [5, 5.41) is 22.7. The molecule has 0 saturated heterocycles. The van der Waals surface area contributed by atoms with Crippen LogP contribution in [0.2, 0.25) is 0 Å². The number of carbonyl (C=O) groups excluding carboxylic acids is 1. The van der Waals surface area contributed by atoms with E-state index in [4.69, 9.17) is 10.2 Å². The van der Waals surface area contributed by atoms with Gasteiger partial charge in [-0.3, -0.25) is 4.79 Å². The SMILES string of the molecule is O=C(O)CCCC(NC(=O)NC1CCCCC1)C(=O)O. The van der Waals surface area contributed by atoms with Crippen LogP contribution in [0.5, 0.6) is 0 Å². The average molecular weight is 286 g/mol. The summed E-state index contributed by atoms with van der Waals surface area (Å²) in [7, 11) is 0. The predicted molar refractivity (Wildman–Crippen MR) is 71.5 cm³/mol. The van der Waals surface area contributed by atoms with Crippen molar-refractivity contribution in [2.75, 3.05) is 0 Å². The number of amides is 2. The van der Waals surface area contributed by atoms with E-state index in [-0.39, 0.29) is 25.3 Å². The molecular weight excluding hydrogens is 264 g/mol. The molecule has 1 aliphatic rings. The molecule has 4 N–H and O–H groups in total. The third-order valence-electron chi connectivity index (χ3n) is 3.43. The number of aliphatic carboxylic acids is 2. The minimum absolute atomic E-state index is 0.101. The Bertz CT molecular complexity index is 353. The Kier molecular flexibility index (Phi) is 6.83. The Morgan fingerprint density at radius 2 is 1.75 bits per heavy atom. The van der Waals surface area contributed by atoms with Gasteiger partial charge in [0.2, 0.25) is 0 Å². The third-order valence-corrected chi connectivity index (χ3v) is 3.43. The van der Waals surface area contributed by atoms with Crippen LogP contribution in [0.15, 0.2) is 0 Å². The topological polar surface area (TPSA) is 116 Å². The van der Waals surface area contributed by atoms with E-state index >= 15 is 0 Å². The molecule has 0 aromatic heterocycles. The number of urea groups is 1. The maximum atomic E-state index is 11.7. The molecule has 0 heterocycles. The lowest BCUT2D eigenvalue weighted by Crippen LogP contribution is -2.49. The molecule has 0 bridgehead atoms. The van der Waals surface area contributed by atoms with Gasteiger partial charge in [0.25, 0.3) is 0 Å². The molecule has 20 heavy (non-hydrogen) atoms. The first-order valence-corrected chi connectivity index (χ1v) is 7.00. The van der Waals surface area contributed by atoms with Gasteiger partial charge < -0.3 is 20.8 Å². The highest BCUT2D eigenvalue weighted by Gasteiger charge is 2.22. The van der Waals surface area contributed by atoms with E-state index in [0.717, 1.165) is 25.7 Å². The maximum absolute atomic E-state index is 11.7. The number of carboxylic acids is 2. The van der Waals surface area contributed by atoms with E-state index in [1.807, 2.05) is 0 Å². The van der Waals surface area contributed by atoms with Crippen molar-refractivity contribution in [1.29, 1.82) is 0 Å². The Balaban J connectivity index is 2.33. The summed E-state index contributed by atoms with van der Waals surface area (Å²) < 4.78 is 0. The summed E-state index contributed by atoms with van der Waals surface area (Å²) in [5.74, 6) is -2.12. The second kappa shape index (κ2) is 8.39. The lowest BCUT2D eigenvalue weighted by atomic mass is 9.96. The molecular formula is C13H22N2O5. The van der Waals surface area contributed by atoms with Crippen LogP contribution in [-0.4, -0.2) is 40.3 Å². The first kappa shape index (κ1) is 16.3. The molecule has 114 valence electrons. The van der Waals surface area contributed by atoms with Crippen molar-refractivity contribution >= 4 is 18.0 Å². The molecule has 1 atom stereocenters. The van der Waals surface area contributed by atoms with Crippen molar-refractivity contribution in [2.24, 2.45) is 0 Å². The summed E-state index contributed by atoms with van der Waals surface area (Å²) in [6, 6.07) is -1.42. The van der Waals surface area contributed by atoms with E-state index in [9.17, 15) is 14.4 Å². The largest absolute Gasteiger partial charge is 0.481 e. The van der Waals surface area contributed by atoms with Gasteiger partial charge in [-0.15, -0.1) is 0 Å². The minimum atomic E-state index is -1.14. The number of carboxylic acid groups (broad SMARTS) is 2. The van der Waals surface area contributed by atoms with E-state index in [0.29, 0.717) is 0 Å². The lowest BCUT2D eigenvalue weighted by Gasteiger charge is -2.24. The van der Waals surface area contributed by atoms with Crippen molar-refractivity contribution in [3.8, 4) is 0 Å². The van der Waals surface area contributed by atoms with Gasteiger partial charge in [0, 0.05) is 12.5 Å². The van der Waals surface area contributed by atoms with Gasteiger partial charge >= 0.3 is 18.0 Å². The van der Waals surface area contributed by atoms with Crippen molar-refractivity contribution in [2.45, 2.75) is 63.5 Å². The lowest BCUT2D eigenvalue weighted by molar-refractivity contribution is -0.140. The molecule has 1 saturated carbocycles. The smallest absolute Gasteiger partial charge is 0.326 e. The zero-order valence-corrected chi connectivity index (χ0v) is 11.4. The molecule has 0 aliphatic heterocycles. The van der Waals surface area contributed by atoms with Crippen LogP contribution in [0.4, 0.5) is 4.79 Å². The normalized spacial score (nSPS) is 17.2. The number of rotatable bonds is 7. The van der Waals surface area contributed by atoms with Crippen LogP contribution in [0.25, 0.3) is 0 Å². The first-order chi connectivity index (χ1) is 9.49. The van der Waals surface area contributed by atoms with Crippen LogP contribution in [0, 0.1) is 0 Å². The number of hydrogen-bond acceptors (Lipinski definition) is 3. The second-order valence-corrected chi connectivity index (χ2v) is 5.13. The van der Waals surface area contributed by atoms with Gasteiger partial charge in [0.05, 0.1) is 0 Å². The van der Waals surface area contributed by atoms with Gasteiger partial charge in [-0.05, 0) is 25.7 Å². The molecule has 0 aromatic carbocycles. The monoisotopic (exact) mass is 286 g/mol. The zero-order valence-electron chi connectivity index (χ0n) is 11.4. The molecule has 0 aromatic rings. The summed E-state index contributed by atoms with van der Waals surface area (Å²) in [6.45, 7) is 0. The van der Waals surface area contributed by atoms with Crippen molar-refractivity contribution in [3.05, 3.63) is 0 Å². The first-order valence-electron chi connectivity index (χ1n) is 7.00. The highest BCUT2D eigenvalue weighted by molar-refractivity contribution is 5.82. The Morgan fingerprint density at radius 3 is 2.30 bits per heavy atom. The van der Waals surface area contributed by atoms with Crippen LogP contribution in [0.3, 0.4) is 0 Å². The zero-order chi connectivity index (χ0) is 15.0. The summed E-state index contributed by atoms with van der Waals surface area (Å²) in [6.07, 6.45) is 5.39. The molecule has 7 heteroatoms. The molecule has 7 nitrogen and oxygen atoms in total. The molecule has 0 spiro atoms. The fourth-order valence-electron chi connectivity index (χ4n) is 2.35. The Labute approximate surface area is 117 Å². The van der Waals surface area contributed by atoms with Gasteiger partial charge in [0.1, 0.15) is 6.04 Å². The van der Waals surface area contributed by atoms with Gasteiger partial charge in [-0.2, -0.15) is 0 Å². The molecule has 0 radical (unpaired) electrons. The summed E-state index contributed by atoms with van der Waals surface area (Å²) >= 11 is 0. The Morgan fingerprint density at radius 1 is 1.10 bits per heavy atom. The van der Waals surface area contributed by atoms with Crippen molar-refractivity contribution in [1.82, 2.24) is 10.6 Å². The quantitative estimate of drug-likeness (QED) is 0.563. The standard InChI is InChI=1S/C13H22N2O5/c16-11(17)8-4-7-10(12(18)19)15-13(20)14-9-5-2-1-3-6-9/h9-10H,1-8H2,(H,16,17)(H,18,19)(H2,14,15,20). The van der Waals surface area contributed by atoms with Crippen LogP contribution < -0.4 is 10.6 Å². The van der Waals surface area contributed by atoms with Crippen LogP contribution >= 0.6 is 0 Å². The molecule has 1 aliphatic carbocycles. The van der Waals surface area contributed by atoms with Crippen molar-refractivity contribution in [3.63, 3.8) is 0 Å². The number of nitrogens with one attached hydrogen (secondary N) is 2. The fraction of sp³-hybridized carbons (Fsp3) is 0.769. The van der Waals surface area contributed by atoms with E-state index in [1.54, 1.807) is 0 Å². The van der Waals surface area contributed by atoms with Crippen LogP contribution in [-0.2, 0) is 9.59 Å². The molecule has 1 fully saturated rings. The molecule has 1 unspecified atom stereocenters. The van der Waals surface area contributed by atoms with Crippen LogP contribution in [0.1, 0.15) is 51.4 Å². The highest BCUT2D eigenvalue weighted by Crippen LogP contribution is 2.17. The number of carbonyl (C=O) groups is 3. The van der Waals surface area contributed by atoms with E-state index in [2.05, 4.69) is 10.6 Å². The maximum Gasteiger partial charge on any atom is 0.326 e. The predicted octanol–water partition coefficient (Wildman–Crippen LogP) is 1.33.